The molecule has 0 aliphatic heterocycles. The van der Waals surface area contributed by atoms with E-state index in [9.17, 15) is 0 Å². The standard InChI is InChI=1S/C12H26N2/c1-3-10(4-2)8-14-9-11-6-5-7-12(11)13/h10-12,14H,3-9,13H2,1-2H3. The Hall–Kier alpha value is -0.0800. The highest BCUT2D eigenvalue weighted by molar-refractivity contribution is 4.81. The van der Waals surface area contributed by atoms with E-state index in [1.807, 2.05) is 0 Å². The number of hydrogen-bond acceptors (Lipinski definition) is 2. The summed E-state index contributed by atoms with van der Waals surface area (Å²) in [6.45, 7) is 6.86. The number of nitrogens with one attached hydrogen (secondary N) is 1. The predicted molar refractivity (Wildman–Crippen MR) is 62.3 cm³/mol. The largest absolute Gasteiger partial charge is 0.327 e. The van der Waals surface area contributed by atoms with Crippen molar-refractivity contribution >= 4 is 0 Å². The second-order valence-corrected chi connectivity index (χ2v) is 4.70. The molecular weight excluding hydrogens is 172 g/mol. The van der Waals surface area contributed by atoms with Crippen LogP contribution in [-0.2, 0) is 0 Å². The molecule has 3 N–H and O–H groups in total. The molecule has 0 aromatic carbocycles. The normalized spacial score (nSPS) is 27.4. The van der Waals surface area contributed by atoms with Crippen molar-refractivity contribution in [3.05, 3.63) is 0 Å². The van der Waals surface area contributed by atoms with Crippen LogP contribution >= 0.6 is 0 Å². The SMILES string of the molecule is CCC(CC)CNCC1CCCC1N. The third-order valence-corrected chi connectivity index (χ3v) is 3.71. The van der Waals surface area contributed by atoms with Crippen LogP contribution in [0.25, 0.3) is 0 Å². The Morgan fingerprint density at radius 2 is 2.00 bits per heavy atom. The quantitative estimate of drug-likeness (QED) is 0.686. The minimum atomic E-state index is 0.462. The van der Waals surface area contributed by atoms with Crippen molar-refractivity contribution in [2.45, 2.75) is 52.0 Å². The molecule has 2 nitrogen and oxygen atoms in total. The predicted octanol–water partition coefficient (Wildman–Crippen LogP) is 2.14. The van der Waals surface area contributed by atoms with Gasteiger partial charge in [0.2, 0.25) is 0 Å². The van der Waals surface area contributed by atoms with E-state index in [4.69, 9.17) is 5.73 Å². The lowest BCUT2D eigenvalue weighted by Crippen LogP contribution is -2.35. The summed E-state index contributed by atoms with van der Waals surface area (Å²) in [6.07, 6.45) is 6.48. The van der Waals surface area contributed by atoms with Crippen LogP contribution in [0.15, 0.2) is 0 Å². The van der Waals surface area contributed by atoms with E-state index >= 15 is 0 Å². The molecule has 2 heteroatoms. The number of rotatable bonds is 6. The van der Waals surface area contributed by atoms with E-state index in [0.29, 0.717) is 6.04 Å². The van der Waals surface area contributed by atoms with Gasteiger partial charge in [-0.1, -0.05) is 33.1 Å². The molecule has 1 saturated carbocycles. The summed E-state index contributed by atoms with van der Waals surface area (Å²) < 4.78 is 0. The molecule has 0 amide bonds. The van der Waals surface area contributed by atoms with Crippen LogP contribution < -0.4 is 11.1 Å². The fourth-order valence-corrected chi connectivity index (χ4v) is 2.37. The highest BCUT2D eigenvalue weighted by Gasteiger charge is 2.23. The summed E-state index contributed by atoms with van der Waals surface area (Å²) in [5, 5.41) is 3.58. The first-order valence-corrected chi connectivity index (χ1v) is 6.24. The molecule has 0 heterocycles. The Morgan fingerprint density at radius 3 is 2.50 bits per heavy atom. The Labute approximate surface area is 88.6 Å². The van der Waals surface area contributed by atoms with E-state index in [-0.39, 0.29) is 0 Å². The minimum Gasteiger partial charge on any atom is -0.327 e. The van der Waals surface area contributed by atoms with Crippen LogP contribution in [0.2, 0.25) is 0 Å². The van der Waals surface area contributed by atoms with E-state index < -0.39 is 0 Å². The summed E-state index contributed by atoms with van der Waals surface area (Å²) in [5.74, 6) is 1.59. The highest BCUT2D eigenvalue weighted by Crippen LogP contribution is 2.23. The van der Waals surface area contributed by atoms with Gasteiger partial charge in [0.15, 0.2) is 0 Å². The van der Waals surface area contributed by atoms with Crippen molar-refractivity contribution in [1.29, 1.82) is 0 Å². The van der Waals surface area contributed by atoms with Crippen molar-refractivity contribution < 1.29 is 0 Å². The molecule has 0 aromatic heterocycles. The third kappa shape index (κ3) is 3.58. The van der Waals surface area contributed by atoms with Crippen molar-refractivity contribution in [1.82, 2.24) is 5.32 Å². The first kappa shape index (κ1) is 12.0. The number of nitrogens with two attached hydrogens (primary N) is 1. The van der Waals surface area contributed by atoms with E-state index in [0.717, 1.165) is 18.4 Å². The Balaban J connectivity index is 2.08. The van der Waals surface area contributed by atoms with Crippen molar-refractivity contribution in [3.63, 3.8) is 0 Å². The maximum atomic E-state index is 6.02. The lowest BCUT2D eigenvalue weighted by Gasteiger charge is -2.18. The zero-order valence-electron chi connectivity index (χ0n) is 9.76. The van der Waals surface area contributed by atoms with Gasteiger partial charge in [-0.2, -0.15) is 0 Å². The van der Waals surface area contributed by atoms with Gasteiger partial charge in [-0.15, -0.1) is 0 Å². The minimum absolute atomic E-state index is 0.462. The second-order valence-electron chi connectivity index (χ2n) is 4.70. The van der Waals surface area contributed by atoms with Crippen LogP contribution in [0.3, 0.4) is 0 Å². The van der Waals surface area contributed by atoms with E-state index in [1.54, 1.807) is 0 Å². The summed E-state index contributed by atoms with van der Waals surface area (Å²) in [4.78, 5) is 0. The molecule has 2 atom stereocenters. The molecule has 1 aliphatic rings. The van der Waals surface area contributed by atoms with Crippen molar-refractivity contribution in [2.75, 3.05) is 13.1 Å². The van der Waals surface area contributed by atoms with Gasteiger partial charge in [-0.05, 0) is 37.8 Å². The zero-order chi connectivity index (χ0) is 10.4. The van der Waals surface area contributed by atoms with Gasteiger partial charge in [-0.25, -0.2) is 0 Å². The van der Waals surface area contributed by atoms with Crippen LogP contribution in [0.1, 0.15) is 46.0 Å². The number of hydrogen-bond donors (Lipinski definition) is 2. The average Bonchev–Trinajstić information content (AvgIpc) is 2.59. The lowest BCUT2D eigenvalue weighted by molar-refractivity contribution is 0.394. The molecule has 0 aromatic rings. The second kappa shape index (κ2) is 6.41. The van der Waals surface area contributed by atoms with E-state index in [1.165, 1.54) is 38.6 Å². The van der Waals surface area contributed by atoms with Crippen LogP contribution in [-0.4, -0.2) is 19.1 Å². The van der Waals surface area contributed by atoms with Crippen LogP contribution in [0.4, 0.5) is 0 Å². The Bertz CT molecular complexity index is 143. The molecule has 14 heavy (non-hydrogen) atoms. The maximum Gasteiger partial charge on any atom is 0.00792 e. The van der Waals surface area contributed by atoms with Gasteiger partial charge < -0.3 is 11.1 Å². The first-order valence-electron chi connectivity index (χ1n) is 6.24. The van der Waals surface area contributed by atoms with Crippen LogP contribution in [0.5, 0.6) is 0 Å². The monoisotopic (exact) mass is 198 g/mol. The van der Waals surface area contributed by atoms with Gasteiger partial charge in [-0.3, -0.25) is 0 Å². The van der Waals surface area contributed by atoms with Gasteiger partial charge in [0, 0.05) is 6.04 Å². The molecule has 0 saturated heterocycles. The molecule has 2 unspecified atom stereocenters. The molecule has 1 aliphatic carbocycles. The van der Waals surface area contributed by atoms with Gasteiger partial charge in [0.05, 0.1) is 0 Å². The summed E-state index contributed by atoms with van der Waals surface area (Å²) in [5.41, 5.74) is 6.02. The molecule has 0 spiro atoms. The smallest absolute Gasteiger partial charge is 0.00792 e. The van der Waals surface area contributed by atoms with E-state index in [2.05, 4.69) is 19.2 Å². The fraction of sp³-hybridized carbons (Fsp3) is 1.00. The Morgan fingerprint density at radius 1 is 1.29 bits per heavy atom. The fourth-order valence-electron chi connectivity index (χ4n) is 2.37. The Kier molecular flexibility index (Phi) is 5.49. The van der Waals surface area contributed by atoms with Gasteiger partial charge in [0.1, 0.15) is 0 Å². The molecule has 0 radical (unpaired) electrons. The van der Waals surface area contributed by atoms with Gasteiger partial charge in [0.25, 0.3) is 0 Å². The van der Waals surface area contributed by atoms with Crippen molar-refractivity contribution in [2.24, 2.45) is 17.6 Å². The molecule has 1 fully saturated rings. The summed E-state index contributed by atoms with van der Waals surface area (Å²) in [7, 11) is 0. The topological polar surface area (TPSA) is 38.0 Å². The molecular formula is C12H26N2. The maximum absolute atomic E-state index is 6.02. The zero-order valence-corrected chi connectivity index (χ0v) is 9.76. The van der Waals surface area contributed by atoms with Crippen molar-refractivity contribution in [3.8, 4) is 0 Å². The summed E-state index contributed by atoms with van der Waals surface area (Å²) >= 11 is 0. The molecule has 0 bridgehead atoms. The first-order chi connectivity index (χ1) is 6.77. The average molecular weight is 198 g/mol. The lowest BCUT2D eigenvalue weighted by atomic mass is 10.0. The third-order valence-electron chi connectivity index (χ3n) is 3.71. The molecule has 84 valence electrons. The van der Waals surface area contributed by atoms with Crippen LogP contribution in [0, 0.1) is 11.8 Å². The molecule has 1 rings (SSSR count). The van der Waals surface area contributed by atoms with Gasteiger partial charge >= 0.3 is 0 Å². The highest BCUT2D eigenvalue weighted by atomic mass is 14.9. The summed E-state index contributed by atoms with van der Waals surface area (Å²) in [6, 6.07) is 0.462.